The molecule has 0 spiro atoms. The van der Waals surface area contributed by atoms with Gasteiger partial charge in [0.1, 0.15) is 16.1 Å². The molecule has 2 aliphatic rings. The van der Waals surface area contributed by atoms with Crippen molar-refractivity contribution in [3.05, 3.63) is 39.2 Å². The van der Waals surface area contributed by atoms with Gasteiger partial charge in [0, 0.05) is 24.2 Å². The molecule has 1 N–H and O–H groups in total. The van der Waals surface area contributed by atoms with Gasteiger partial charge in [-0.25, -0.2) is 9.78 Å². The average molecular weight is 443 g/mol. The van der Waals surface area contributed by atoms with Crippen LogP contribution in [0.2, 0.25) is 0 Å². The monoisotopic (exact) mass is 442 g/mol. The second kappa shape index (κ2) is 8.55. The predicted octanol–water partition coefficient (Wildman–Crippen LogP) is 2.40. The number of carbonyl (C=O) groups is 1. The second-order valence-electron chi connectivity index (χ2n) is 8.46. The highest BCUT2D eigenvalue weighted by atomic mass is 32.1. The van der Waals surface area contributed by atoms with E-state index < -0.39 is 5.69 Å². The van der Waals surface area contributed by atoms with Crippen LogP contribution < -0.4 is 16.6 Å². The average Bonchev–Trinajstić information content (AvgIpc) is 3.43. The van der Waals surface area contributed by atoms with Gasteiger partial charge >= 0.3 is 5.69 Å². The largest absolute Gasteiger partial charge is 0.376 e. The molecular weight excluding hydrogens is 416 g/mol. The Kier molecular flexibility index (Phi) is 5.62. The fourth-order valence-electron chi connectivity index (χ4n) is 4.75. The van der Waals surface area contributed by atoms with Crippen molar-refractivity contribution >= 4 is 37.7 Å². The number of aromatic nitrogens is 3. The van der Waals surface area contributed by atoms with E-state index in [1.165, 1.54) is 26.9 Å². The molecule has 1 saturated carbocycles. The normalized spacial score (nSPS) is 19.9. The van der Waals surface area contributed by atoms with Gasteiger partial charge in [-0.3, -0.25) is 18.7 Å². The van der Waals surface area contributed by atoms with Gasteiger partial charge in [0.05, 0.1) is 18.2 Å². The van der Waals surface area contributed by atoms with Gasteiger partial charge in [-0.2, -0.15) is 0 Å². The first-order chi connectivity index (χ1) is 15.1. The lowest BCUT2D eigenvalue weighted by atomic mass is 9.95. The lowest BCUT2D eigenvalue weighted by molar-refractivity contribution is -0.122. The highest BCUT2D eigenvalue weighted by molar-refractivity contribution is 7.25. The van der Waals surface area contributed by atoms with E-state index in [1.54, 1.807) is 12.3 Å². The number of pyridine rings is 1. The topological polar surface area (TPSA) is 95.2 Å². The zero-order valence-electron chi connectivity index (χ0n) is 17.3. The van der Waals surface area contributed by atoms with Gasteiger partial charge in [0.25, 0.3) is 5.56 Å². The van der Waals surface area contributed by atoms with E-state index in [9.17, 15) is 14.4 Å². The third kappa shape index (κ3) is 3.92. The molecule has 1 saturated heterocycles. The van der Waals surface area contributed by atoms with Crippen molar-refractivity contribution in [3.8, 4) is 0 Å². The van der Waals surface area contributed by atoms with Crippen LogP contribution >= 0.6 is 11.3 Å². The summed E-state index contributed by atoms with van der Waals surface area (Å²) in [6.07, 6.45) is 8.63. The molecule has 0 radical (unpaired) electrons. The molecule has 3 aromatic heterocycles. The third-order valence-electron chi connectivity index (χ3n) is 6.29. The number of amides is 1. The van der Waals surface area contributed by atoms with Crippen molar-refractivity contribution in [1.82, 2.24) is 19.4 Å². The van der Waals surface area contributed by atoms with Gasteiger partial charge in [-0.05, 0) is 37.8 Å². The first-order valence-corrected chi connectivity index (χ1v) is 11.9. The lowest BCUT2D eigenvalue weighted by Crippen LogP contribution is -2.45. The quantitative estimate of drug-likeness (QED) is 0.655. The van der Waals surface area contributed by atoms with E-state index in [-0.39, 0.29) is 36.7 Å². The van der Waals surface area contributed by atoms with Crippen LogP contribution in [0.4, 0.5) is 0 Å². The molecule has 0 unspecified atom stereocenters. The van der Waals surface area contributed by atoms with Crippen molar-refractivity contribution in [2.45, 2.75) is 70.2 Å². The fourth-order valence-corrected chi connectivity index (χ4v) is 5.84. The first kappa shape index (κ1) is 20.4. The minimum Gasteiger partial charge on any atom is -0.376 e. The third-order valence-corrected chi connectivity index (χ3v) is 7.38. The fraction of sp³-hybridized carbons (Fsp3) is 0.545. The summed E-state index contributed by atoms with van der Waals surface area (Å²) in [6.45, 7) is 0.740. The van der Waals surface area contributed by atoms with Crippen LogP contribution in [0, 0.1) is 0 Å². The molecule has 0 aromatic carbocycles. The van der Waals surface area contributed by atoms with Crippen LogP contribution in [-0.2, 0) is 22.6 Å². The minimum atomic E-state index is -0.463. The van der Waals surface area contributed by atoms with Crippen molar-refractivity contribution in [1.29, 1.82) is 0 Å². The van der Waals surface area contributed by atoms with Crippen LogP contribution in [0.3, 0.4) is 0 Å². The highest BCUT2D eigenvalue weighted by Crippen LogP contribution is 2.29. The van der Waals surface area contributed by atoms with Crippen LogP contribution in [0.25, 0.3) is 20.4 Å². The Bertz CT molecular complexity index is 1230. The van der Waals surface area contributed by atoms with Crippen LogP contribution in [0.5, 0.6) is 0 Å². The summed E-state index contributed by atoms with van der Waals surface area (Å²) in [5.74, 6) is -0.194. The van der Waals surface area contributed by atoms with E-state index in [0.29, 0.717) is 21.7 Å². The molecule has 8 nitrogen and oxygen atoms in total. The molecule has 1 aliphatic heterocycles. The molecule has 9 heteroatoms. The Balaban J connectivity index is 1.59. The number of carbonyl (C=O) groups excluding carboxylic acids is 1. The maximum Gasteiger partial charge on any atom is 0.332 e. The van der Waals surface area contributed by atoms with Gasteiger partial charge in [0.2, 0.25) is 5.91 Å². The van der Waals surface area contributed by atoms with Crippen molar-refractivity contribution in [3.63, 3.8) is 0 Å². The summed E-state index contributed by atoms with van der Waals surface area (Å²) in [4.78, 5) is 44.6. The summed E-state index contributed by atoms with van der Waals surface area (Å²) < 4.78 is 8.81. The Hall–Kier alpha value is -2.52. The number of hydrogen-bond donors (Lipinski definition) is 1. The maximum absolute atomic E-state index is 13.4. The Morgan fingerprint density at radius 2 is 2.00 bits per heavy atom. The smallest absolute Gasteiger partial charge is 0.332 e. The molecule has 3 aromatic rings. The Morgan fingerprint density at radius 3 is 2.77 bits per heavy atom. The number of nitrogens with zero attached hydrogens (tertiary/aromatic N) is 3. The van der Waals surface area contributed by atoms with Gasteiger partial charge in [0.15, 0.2) is 0 Å². The zero-order valence-corrected chi connectivity index (χ0v) is 18.2. The number of nitrogens with one attached hydrogen (secondary N) is 1. The molecular formula is C22H26N4O4S. The molecule has 31 heavy (non-hydrogen) atoms. The molecule has 4 heterocycles. The Labute approximate surface area is 182 Å². The van der Waals surface area contributed by atoms with E-state index in [0.717, 1.165) is 43.9 Å². The van der Waals surface area contributed by atoms with Gasteiger partial charge in [-0.15, -0.1) is 11.3 Å². The minimum absolute atomic E-state index is 0.113. The summed E-state index contributed by atoms with van der Waals surface area (Å²) in [6, 6.07) is 3.79. The Morgan fingerprint density at radius 1 is 1.16 bits per heavy atom. The maximum atomic E-state index is 13.4. The summed E-state index contributed by atoms with van der Waals surface area (Å²) in [5, 5.41) is 3.81. The SMILES string of the molecule is O=C(Cn1c(=O)n(C[C@@H]2CCCO2)c(=O)c2sc3ncccc3c21)NC1CCCCC1. The second-order valence-corrected chi connectivity index (χ2v) is 9.46. The first-order valence-electron chi connectivity index (χ1n) is 11.0. The number of ether oxygens (including phenoxy) is 1. The van der Waals surface area contributed by atoms with Crippen molar-refractivity contribution < 1.29 is 9.53 Å². The van der Waals surface area contributed by atoms with E-state index >= 15 is 0 Å². The highest BCUT2D eigenvalue weighted by Gasteiger charge is 2.24. The van der Waals surface area contributed by atoms with Gasteiger partial charge < -0.3 is 10.1 Å². The summed E-state index contributed by atoms with van der Waals surface area (Å²) in [7, 11) is 0. The zero-order chi connectivity index (χ0) is 21.4. The predicted molar refractivity (Wildman–Crippen MR) is 120 cm³/mol. The van der Waals surface area contributed by atoms with E-state index in [1.807, 2.05) is 6.07 Å². The lowest BCUT2D eigenvalue weighted by Gasteiger charge is -2.23. The summed E-state index contributed by atoms with van der Waals surface area (Å²) >= 11 is 1.27. The summed E-state index contributed by atoms with van der Waals surface area (Å²) in [5.41, 5.74) is -0.289. The van der Waals surface area contributed by atoms with Crippen LogP contribution in [-0.4, -0.2) is 38.8 Å². The van der Waals surface area contributed by atoms with Crippen molar-refractivity contribution in [2.24, 2.45) is 0 Å². The van der Waals surface area contributed by atoms with E-state index in [2.05, 4.69) is 10.3 Å². The van der Waals surface area contributed by atoms with E-state index in [4.69, 9.17) is 4.74 Å². The standard InChI is InChI=1S/C22H26N4O4S/c27-17(24-14-6-2-1-3-7-14)13-25-18-16-9-4-10-23-20(16)31-19(18)21(28)26(22(25)29)12-15-8-5-11-30-15/h4,9-10,14-15H,1-3,5-8,11-13H2,(H,24,27)/t15-/m0/s1. The molecule has 1 atom stereocenters. The molecule has 164 valence electrons. The molecule has 0 bridgehead atoms. The van der Waals surface area contributed by atoms with Gasteiger partial charge in [-0.1, -0.05) is 19.3 Å². The number of rotatable bonds is 5. The molecule has 1 amide bonds. The van der Waals surface area contributed by atoms with Crippen LogP contribution in [0.15, 0.2) is 27.9 Å². The number of hydrogen-bond acceptors (Lipinski definition) is 6. The van der Waals surface area contributed by atoms with Crippen molar-refractivity contribution in [2.75, 3.05) is 6.61 Å². The molecule has 5 rings (SSSR count). The molecule has 1 aliphatic carbocycles. The number of fused-ring (bicyclic) bond motifs is 3. The molecule has 2 fully saturated rings. The van der Waals surface area contributed by atoms with Crippen LogP contribution in [0.1, 0.15) is 44.9 Å². The number of thiophene rings is 1.